The molecule has 0 radical (unpaired) electrons. The molecule has 3 nitrogen and oxygen atoms in total. The van der Waals surface area contributed by atoms with Crippen LogP contribution in [0.25, 0.3) is 0 Å². The SMILES string of the molecule is CCCNCCNC(=O)C1CCCc2sccc21.Cl. The molecule has 1 atom stereocenters. The fourth-order valence-corrected chi connectivity index (χ4v) is 3.45. The second kappa shape index (κ2) is 8.56. The van der Waals surface area contributed by atoms with Gasteiger partial charge in [0.2, 0.25) is 5.91 Å². The molecule has 0 aromatic carbocycles. The topological polar surface area (TPSA) is 41.1 Å². The van der Waals surface area contributed by atoms with Crippen molar-refractivity contribution < 1.29 is 4.79 Å². The number of fused-ring (bicyclic) bond motifs is 1. The minimum atomic E-state index is 0. The van der Waals surface area contributed by atoms with Crippen LogP contribution in [-0.4, -0.2) is 25.5 Å². The quantitative estimate of drug-likeness (QED) is 0.793. The average Bonchev–Trinajstić information content (AvgIpc) is 2.86. The normalized spacial score (nSPS) is 17.4. The number of rotatable bonds is 6. The number of hydrogen-bond donors (Lipinski definition) is 2. The molecule has 0 saturated carbocycles. The van der Waals surface area contributed by atoms with Crippen LogP contribution >= 0.6 is 23.7 Å². The lowest BCUT2D eigenvalue weighted by Gasteiger charge is -2.21. The van der Waals surface area contributed by atoms with Gasteiger partial charge in [0, 0.05) is 18.0 Å². The van der Waals surface area contributed by atoms with Gasteiger partial charge in [-0.3, -0.25) is 4.79 Å². The zero-order valence-electron chi connectivity index (χ0n) is 11.4. The van der Waals surface area contributed by atoms with E-state index in [-0.39, 0.29) is 24.2 Å². The molecule has 5 heteroatoms. The highest BCUT2D eigenvalue weighted by molar-refractivity contribution is 7.10. The number of carbonyl (C=O) groups excluding carboxylic acids is 1. The summed E-state index contributed by atoms with van der Waals surface area (Å²) >= 11 is 1.79. The monoisotopic (exact) mass is 302 g/mol. The van der Waals surface area contributed by atoms with Crippen LogP contribution < -0.4 is 10.6 Å². The van der Waals surface area contributed by atoms with Gasteiger partial charge in [0.25, 0.3) is 0 Å². The molecule has 0 spiro atoms. The number of hydrogen-bond acceptors (Lipinski definition) is 3. The molecule has 1 aromatic heterocycles. The second-order valence-electron chi connectivity index (χ2n) is 4.78. The van der Waals surface area contributed by atoms with Crippen LogP contribution in [0.5, 0.6) is 0 Å². The third-order valence-electron chi connectivity index (χ3n) is 3.40. The number of halogens is 1. The van der Waals surface area contributed by atoms with Gasteiger partial charge in [-0.05, 0) is 49.2 Å². The van der Waals surface area contributed by atoms with Gasteiger partial charge in [-0.25, -0.2) is 0 Å². The Kier molecular flexibility index (Phi) is 7.42. The smallest absolute Gasteiger partial charge is 0.227 e. The lowest BCUT2D eigenvalue weighted by Crippen LogP contribution is -2.36. The zero-order chi connectivity index (χ0) is 12.8. The van der Waals surface area contributed by atoms with E-state index in [1.807, 2.05) is 0 Å². The Hall–Kier alpha value is -0.580. The van der Waals surface area contributed by atoms with Crippen molar-refractivity contribution in [1.29, 1.82) is 0 Å². The highest BCUT2D eigenvalue weighted by atomic mass is 35.5. The predicted molar refractivity (Wildman–Crippen MR) is 83.4 cm³/mol. The van der Waals surface area contributed by atoms with Crippen LogP contribution in [0.4, 0.5) is 0 Å². The Morgan fingerprint density at radius 2 is 2.26 bits per heavy atom. The van der Waals surface area contributed by atoms with Crippen molar-refractivity contribution in [3.63, 3.8) is 0 Å². The van der Waals surface area contributed by atoms with E-state index in [1.165, 1.54) is 10.4 Å². The first-order chi connectivity index (χ1) is 8.83. The van der Waals surface area contributed by atoms with Crippen molar-refractivity contribution in [2.45, 2.75) is 38.5 Å². The standard InChI is InChI=1S/C14H22N2OS.ClH/c1-2-7-15-8-9-16-14(17)12-4-3-5-13-11(12)6-10-18-13;/h6,10,12,15H,2-5,7-9H2,1H3,(H,16,17);1H. The maximum absolute atomic E-state index is 12.2. The largest absolute Gasteiger partial charge is 0.354 e. The minimum Gasteiger partial charge on any atom is -0.354 e. The van der Waals surface area contributed by atoms with Gasteiger partial charge in [-0.2, -0.15) is 0 Å². The van der Waals surface area contributed by atoms with Gasteiger partial charge in [-0.1, -0.05) is 6.92 Å². The van der Waals surface area contributed by atoms with Crippen LogP contribution in [-0.2, 0) is 11.2 Å². The van der Waals surface area contributed by atoms with Crippen molar-refractivity contribution in [2.75, 3.05) is 19.6 Å². The van der Waals surface area contributed by atoms with Gasteiger partial charge >= 0.3 is 0 Å². The van der Waals surface area contributed by atoms with E-state index < -0.39 is 0 Å². The molecule has 0 fully saturated rings. The molecule has 108 valence electrons. The van der Waals surface area contributed by atoms with Crippen molar-refractivity contribution in [1.82, 2.24) is 10.6 Å². The Balaban J connectivity index is 0.00000180. The fraction of sp³-hybridized carbons (Fsp3) is 0.643. The highest BCUT2D eigenvalue weighted by Crippen LogP contribution is 2.34. The van der Waals surface area contributed by atoms with Crippen LogP contribution in [0.2, 0.25) is 0 Å². The Bertz CT molecular complexity index is 395. The number of amides is 1. The van der Waals surface area contributed by atoms with Gasteiger partial charge in [0.1, 0.15) is 0 Å². The summed E-state index contributed by atoms with van der Waals surface area (Å²) in [6.07, 6.45) is 4.42. The maximum Gasteiger partial charge on any atom is 0.227 e. The average molecular weight is 303 g/mol. The van der Waals surface area contributed by atoms with E-state index in [2.05, 4.69) is 29.0 Å². The summed E-state index contributed by atoms with van der Waals surface area (Å²) < 4.78 is 0. The number of thiophene rings is 1. The summed E-state index contributed by atoms with van der Waals surface area (Å²) in [5, 5.41) is 8.45. The molecular formula is C14H23ClN2OS. The van der Waals surface area contributed by atoms with Crippen molar-refractivity contribution in [3.05, 3.63) is 21.9 Å². The van der Waals surface area contributed by atoms with Crippen LogP contribution in [0.15, 0.2) is 11.4 Å². The lowest BCUT2D eigenvalue weighted by atomic mass is 9.87. The molecule has 0 bridgehead atoms. The zero-order valence-corrected chi connectivity index (χ0v) is 13.0. The molecule has 1 amide bonds. The lowest BCUT2D eigenvalue weighted by molar-refractivity contribution is -0.122. The summed E-state index contributed by atoms with van der Waals surface area (Å²) in [4.78, 5) is 13.6. The van der Waals surface area contributed by atoms with Crippen molar-refractivity contribution in [2.24, 2.45) is 0 Å². The van der Waals surface area contributed by atoms with Crippen LogP contribution in [0.3, 0.4) is 0 Å². The van der Waals surface area contributed by atoms with Crippen LogP contribution in [0.1, 0.15) is 42.5 Å². The van der Waals surface area contributed by atoms with Gasteiger partial charge in [-0.15, -0.1) is 23.7 Å². The van der Waals surface area contributed by atoms with E-state index in [1.54, 1.807) is 11.3 Å². The summed E-state index contributed by atoms with van der Waals surface area (Å²) in [6.45, 7) is 4.76. The molecule has 1 aliphatic carbocycles. The Morgan fingerprint density at radius 1 is 1.42 bits per heavy atom. The molecule has 0 aliphatic heterocycles. The predicted octanol–water partition coefficient (Wildman–Crippen LogP) is 2.71. The third-order valence-corrected chi connectivity index (χ3v) is 4.39. The summed E-state index contributed by atoms with van der Waals surface area (Å²) in [7, 11) is 0. The third kappa shape index (κ3) is 4.48. The van der Waals surface area contributed by atoms with Gasteiger partial charge in [0.15, 0.2) is 0 Å². The molecule has 1 aromatic rings. The molecule has 0 saturated heterocycles. The van der Waals surface area contributed by atoms with E-state index >= 15 is 0 Å². The molecular weight excluding hydrogens is 280 g/mol. The summed E-state index contributed by atoms with van der Waals surface area (Å²) in [5.41, 5.74) is 1.27. The number of nitrogens with one attached hydrogen (secondary N) is 2. The fourth-order valence-electron chi connectivity index (χ4n) is 2.46. The molecule has 1 aliphatic rings. The second-order valence-corrected chi connectivity index (χ2v) is 5.79. The highest BCUT2D eigenvalue weighted by Gasteiger charge is 2.26. The molecule has 2 rings (SSSR count). The first-order valence-corrected chi connectivity index (χ1v) is 7.75. The number of carbonyl (C=O) groups is 1. The van der Waals surface area contributed by atoms with Gasteiger partial charge < -0.3 is 10.6 Å². The van der Waals surface area contributed by atoms with Crippen molar-refractivity contribution >= 4 is 29.7 Å². The van der Waals surface area contributed by atoms with E-state index in [4.69, 9.17) is 0 Å². The summed E-state index contributed by atoms with van der Waals surface area (Å²) in [6, 6.07) is 2.12. The first-order valence-electron chi connectivity index (χ1n) is 6.87. The Morgan fingerprint density at radius 3 is 3.05 bits per heavy atom. The number of aryl methyl sites for hydroxylation is 1. The molecule has 2 N–H and O–H groups in total. The molecule has 1 heterocycles. The minimum absolute atomic E-state index is 0. The van der Waals surface area contributed by atoms with Gasteiger partial charge in [0.05, 0.1) is 5.92 Å². The molecule has 1 unspecified atom stereocenters. The summed E-state index contributed by atoms with van der Waals surface area (Å²) in [5.74, 6) is 0.291. The van der Waals surface area contributed by atoms with E-state index in [9.17, 15) is 4.79 Å². The maximum atomic E-state index is 12.2. The van der Waals surface area contributed by atoms with Crippen LogP contribution in [0, 0.1) is 0 Å². The molecule has 19 heavy (non-hydrogen) atoms. The van der Waals surface area contributed by atoms with E-state index in [0.717, 1.165) is 45.3 Å². The van der Waals surface area contributed by atoms with E-state index in [0.29, 0.717) is 0 Å². The van der Waals surface area contributed by atoms with Crippen molar-refractivity contribution in [3.8, 4) is 0 Å². The Labute approximate surface area is 125 Å². The first kappa shape index (κ1) is 16.5.